The normalized spacial score (nSPS) is 15.6. The SMILES string of the molecule is CCCN=C(N)S(=O)O. The molecule has 1 unspecified atom stereocenters. The van der Waals surface area contributed by atoms with E-state index in [4.69, 9.17) is 10.3 Å². The predicted molar refractivity (Wildman–Crippen MR) is 37.6 cm³/mol. The van der Waals surface area contributed by atoms with Gasteiger partial charge in [0.15, 0.2) is 0 Å². The maximum absolute atomic E-state index is 10.1. The number of amidine groups is 1. The van der Waals surface area contributed by atoms with Crippen molar-refractivity contribution in [3.8, 4) is 0 Å². The van der Waals surface area contributed by atoms with Crippen molar-refractivity contribution in [2.75, 3.05) is 6.54 Å². The number of aliphatic imine (C=N–C) groups is 1. The summed E-state index contributed by atoms with van der Waals surface area (Å²) in [4.78, 5) is 3.59. The maximum atomic E-state index is 10.1. The van der Waals surface area contributed by atoms with Crippen molar-refractivity contribution >= 4 is 16.2 Å². The van der Waals surface area contributed by atoms with Crippen molar-refractivity contribution in [2.45, 2.75) is 13.3 Å². The van der Waals surface area contributed by atoms with E-state index in [2.05, 4.69) is 4.99 Å². The van der Waals surface area contributed by atoms with E-state index in [1.807, 2.05) is 6.92 Å². The van der Waals surface area contributed by atoms with Crippen LogP contribution in [0.5, 0.6) is 0 Å². The summed E-state index contributed by atoms with van der Waals surface area (Å²) < 4.78 is 18.3. The molecule has 0 rings (SSSR count). The molecule has 0 aliphatic heterocycles. The highest BCUT2D eigenvalue weighted by Crippen LogP contribution is 1.80. The van der Waals surface area contributed by atoms with Crippen molar-refractivity contribution in [1.29, 1.82) is 0 Å². The van der Waals surface area contributed by atoms with Crippen molar-refractivity contribution in [2.24, 2.45) is 10.7 Å². The average molecular weight is 150 g/mol. The molecule has 4 nitrogen and oxygen atoms in total. The Morgan fingerprint density at radius 2 is 2.44 bits per heavy atom. The second-order valence-corrected chi connectivity index (χ2v) is 2.39. The molecule has 0 aromatic heterocycles. The Morgan fingerprint density at radius 3 is 2.78 bits per heavy atom. The Kier molecular flexibility index (Phi) is 4.25. The van der Waals surface area contributed by atoms with E-state index in [-0.39, 0.29) is 5.17 Å². The van der Waals surface area contributed by atoms with Crippen LogP contribution in [0.4, 0.5) is 0 Å². The van der Waals surface area contributed by atoms with Crippen molar-refractivity contribution < 1.29 is 8.76 Å². The van der Waals surface area contributed by atoms with E-state index >= 15 is 0 Å². The molecule has 9 heavy (non-hydrogen) atoms. The van der Waals surface area contributed by atoms with Crippen LogP contribution in [0.15, 0.2) is 4.99 Å². The molecule has 3 N–H and O–H groups in total. The summed E-state index contributed by atoms with van der Waals surface area (Å²) >= 11 is -2.08. The lowest BCUT2D eigenvalue weighted by atomic mass is 10.5. The van der Waals surface area contributed by atoms with E-state index in [0.717, 1.165) is 6.42 Å². The first-order valence-electron chi connectivity index (χ1n) is 2.59. The van der Waals surface area contributed by atoms with Gasteiger partial charge in [-0.1, -0.05) is 6.92 Å². The first-order chi connectivity index (χ1) is 4.18. The molecular formula is C4H10N2O2S. The Morgan fingerprint density at radius 1 is 1.89 bits per heavy atom. The molecule has 0 heterocycles. The minimum absolute atomic E-state index is 0.197. The maximum Gasteiger partial charge on any atom is 0.222 e. The second kappa shape index (κ2) is 4.46. The molecule has 1 atom stereocenters. The smallest absolute Gasteiger partial charge is 0.222 e. The Bertz CT molecular complexity index is 135. The van der Waals surface area contributed by atoms with E-state index < -0.39 is 11.1 Å². The molecule has 0 radical (unpaired) electrons. The van der Waals surface area contributed by atoms with Crippen LogP contribution in [0.25, 0.3) is 0 Å². The molecule has 0 bridgehead atoms. The van der Waals surface area contributed by atoms with Crippen LogP contribution in [-0.2, 0) is 11.1 Å². The third kappa shape index (κ3) is 4.11. The van der Waals surface area contributed by atoms with E-state index in [1.165, 1.54) is 0 Å². The highest BCUT2D eigenvalue weighted by Gasteiger charge is 1.95. The molecule has 0 aliphatic rings. The summed E-state index contributed by atoms with van der Waals surface area (Å²) in [5.74, 6) is 0. The topological polar surface area (TPSA) is 75.7 Å². The Balaban J connectivity index is 3.69. The van der Waals surface area contributed by atoms with Crippen LogP contribution < -0.4 is 5.73 Å². The summed E-state index contributed by atoms with van der Waals surface area (Å²) in [6.45, 7) is 2.43. The van der Waals surface area contributed by atoms with Crippen LogP contribution in [0, 0.1) is 0 Å². The standard InChI is InChI=1S/C4H10N2O2S/c1-2-3-6-4(5)9(7)8/h2-3H2,1H3,(H2,5,6)(H,7,8). The number of hydrogen-bond acceptors (Lipinski definition) is 2. The van der Waals surface area contributed by atoms with Gasteiger partial charge in [-0.25, -0.2) is 4.21 Å². The minimum atomic E-state index is -2.08. The quantitative estimate of drug-likeness (QED) is 0.329. The van der Waals surface area contributed by atoms with Gasteiger partial charge in [-0.2, -0.15) is 0 Å². The van der Waals surface area contributed by atoms with Crippen LogP contribution >= 0.6 is 0 Å². The fraction of sp³-hybridized carbons (Fsp3) is 0.750. The summed E-state index contributed by atoms with van der Waals surface area (Å²) in [6, 6.07) is 0. The molecule has 0 aromatic carbocycles. The summed E-state index contributed by atoms with van der Waals surface area (Å²) in [5.41, 5.74) is 5.00. The summed E-state index contributed by atoms with van der Waals surface area (Å²) in [7, 11) is 0. The zero-order valence-electron chi connectivity index (χ0n) is 5.20. The van der Waals surface area contributed by atoms with Crippen molar-refractivity contribution in [3.05, 3.63) is 0 Å². The van der Waals surface area contributed by atoms with Gasteiger partial charge in [-0.05, 0) is 6.42 Å². The molecule has 0 amide bonds. The lowest BCUT2D eigenvalue weighted by molar-refractivity contribution is 0.576. The lowest BCUT2D eigenvalue weighted by Crippen LogP contribution is -2.17. The average Bonchev–Trinajstić information content (AvgIpc) is 1.82. The fourth-order valence-electron chi connectivity index (χ4n) is 0.277. The fourth-order valence-corrected chi connectivity index (χ4v) is 0.479. The van der Waals surface area contributed by atoms with Gasteiger partial charge in [-0.3, -0.25) is 9.55 Å². The van der Waals surface area contributed by atoms with Gasteiger partial charge in [0.1, 0.15) is 0 Å². The molecule has 0 aliphatic carbocycles. The number of rotatable bonds is 2. The Labute approximate surface area is 56.4 Å². The zero-order valence-corrected chi connectivity index (χ0v) is 6.02. The van der Waals surface area contributed by atoms with E-state index in [0.29, 0.717) is 6.54 Å². The molecule has 54 valence electrons. The van der Waals surface area contributed by atoms with Crippen LogP contribution in [0.3, 0.4) is 0 Å². The summed E-state index contributed by atoms with van der Waals surface area (Å²) in [5, 5.41) is -0.197. The monoisotopic (exact) mass is 150 g/mol. The van der Waals surface area contributed by atoms with Gasteiger partial charge in [0, 0.05) is 6.54 Å². The second-order valence-electron chi connectivity index (χ2n) is 1.47. The largest absolute Gasteiger partial charge is 0.375 e. The molecule has 0 saturated carbocycles. The first-order valence-corrected chi connectivity index (χ1v) is 3.70. The first kappa shape index (κ1) is 8.58. The molecule has 0 spiro atoms. The van der Waals surface area contributed by atoms with E-state index in [9.17, 15) is 4.21 Å². The highest BCUT2D eigenvalue weighted by atomic mass is 32.2. The van der Waals surface area contributed by atoms with Crippen molar-refractivity contribution in [3.63, 3.8) is 0 Å². The van der Waals surface area contributed by atoms with Gasteiger partial charge >= 0.3 is 0 Å². The van der Waals surface area contributed by atoms with Crippen LogP contribution in [0.2, 0.25) is 0 Å². The highest BCUT2D eigenvalue weighted by molar-refractivity contribution is 7.95. The number of nitrogens with zero attached hydrogens (tertiary/aromatic N) is 1. The predicted octanol–water partition coefficient (Wildman–Crippen LogP) is -0.0672. The molecule has 0 saturated heterocycles. The number of nitrogens with two attached hydrogens (primary N) is 1. The van der Waals surface area contributed by atoms with Gasteiger partial charge in [0.05, 0.1) is 0 Å². The van der Waals surface area contributed by atoms with Crippen molar-refractivity contribution in [1.82, 2.24) is 0 Å². The van der Waals surface area contributed by atoms with Crippen LogP contribution in [0.1, 0.15) is 13.3 Å². The van der Waals surface area contributed by atoms with Gasteiger partial charge in [-0.15, -0.1) is 0 Å². The minimum Gasteiger partial charge on any atom is -0.375 e. The van der Waals surface area contributed by atoms with Gasteiger partial charge in [0.25, 0.3) is 0 Å². The lowest BCUT2D eigenvalue weighted by Gasteiger charge is -1.90. The summed E-state index contributed by atoms with van der Waals surface area (Å²) in [6.07, 6.45) is 0.831. The van der Waals surface area contributed by atoms with E-state index in [1.54, 1.807) is 0 Å². The third-order valence-electron chi connectivity index (χ3n) is 0.670. The van der Waals surface area contributed by atoms with Gasteiger partial charge in [0.2, 0.25) is 16.2 Å². The number of hydrogen-bond donors (Lipinski definition) is 2. The van der Waals surface area contributed by atoms with Gasteiger partial charge < -0.3 is 5.73 Å². The zero-order chi connectivity index (χ0) is 7.28. The molecule has 0 aromatic rings. The molecule has 0 fully saturated rings. The Hall–Kier alpha value is -0.420. The molecule has 5 heteroatoms. The molecular weight excluding hydrogens is 140 g/mol. The third-order valence-corrected chi connectivity index (χ3v) is 1.16. The van der Waals surface area contributed by atoms with Crippen LogP contribution in [-0.4, -0.2) is 20.5 Å².